The fraction of sp³-hybridized carbons (Fsp3) is 1.00. The minimum Gasteiger partial charge on any atom is -0.381 e. The average Bonchev–Trinajstić information content (AvgIpc) is 3.04. The lowest BCUT2D eigenvalue weighted by molar-refractivity contribution is 0.162. The van der Waals surface area contributed by atoms with Gasteiger partial charge in [0.25, 0.3) is 0 Å². The normalized spacial score (nSPS) is 30.0. The summed E-state index contributed by atoms with van der Waals surface area (Å²) >= 11 is 0. The largest absolute Gasteiger partial charge is 0.381 e. The van der Waals surface area contributed by atoms with Gasteiger partial charge in [0, 0.05) is 31.7 Å². The van der Waals surface area contributed by atoms with Crippen molar-refractivity contribution < 1.29 is 4.74 Å². The van der Waals surface area contributed by atoms with Gasteiger partial charge in [0.15, 0.2) is 0 Å². The second kappa shape index (κ2) is 7.24. The molecule has 2 rings (SSSR count). The molecule has 0 radical (unpaired) electrons. The third kappa shape index (κ3) is 4.44. The van der Waals surface area contributed by atoms with Gasteiger partial charge in [-0.25, -0.2) is 0 Å². The van der Waals surface area contributed by atoms with E-state index in [0.717, 1.165) is 31.6 Å². The molecule has 2 aliphatic heterocycles. The summed E-state index contributed by atoms with van der Waals surface area (Å²) in [4.78, 5) is 2.68. The van der Waals surface area contributed by atoms with Crippen molar-refractivity contribution in [3.63, 3.8) is 0 Å². The predicted molar refractivity (Wildman–Crippen MR) is 85.0 cm³/mol. The van der Waals surface area contributed by atoms with Crippen LogP contribution in [0.15, 0.2) is 0 Å². The van der Waals surface area contributed by atoms with Crippen LogP contribution in [-0.2, 0) is 4.74 Å². The fourth-order valence-electron chi connectivity index (χ4n) is 3.56. The number of likely N-dealkylation sites (tertiary alicyclic amines) is 1. The Morgan fingerprint density at radius 2 is 2.10 bits per heavy atom. The van der Waals surface area contributed by atoms with Gasteiger partial charge in [0.1, 0.15) is 0 Å². The maximum absolute atomic E-state index is 5.60. The van der Waals surface area contributed by atoms with Crippen LogP contribution in [0.25, 0.3) is 0 Å². The Hall–Kier alpha value is -0.120. The Bertz CT molecular complexity index is 281. The van der Waals surface area contributed by atoms with E-state index in [0.29, 0.717) is 11.5 Å². The number of hydrogen-bond acceptors (Lipinski definition) is 3. The van der Waals surface area contributed by atoms with E-state index in [1.165, 1.54) is 38.9 Å². The predicted octanol–water partition coefficient (Wildman–Crippen LogP) is 2.76. The Morgan fingerprint density at radius 3 is 2.65 bits per heavy atom. The minimum atomic E-state index is 0.456. The van der Waals surface area contributed by atoms with E-state index < -0.39 is 0 Å². The van der Waals surface area contributed by atoms with Crippen molar-refractivity contribution >= 4 is 0 Å². The Kier molecular flexibility index (Phi) is 5.88. The second-order valence-corrected chi connectivity index (χ2v) is 7.80. The number of hydrogen-bond donors (Lipinski definition) is 1. The van der Waals surface area contributed by atoms with E-state index in [1.807, 2.05) is 0 Å². The van der Waals surface area contributed by atoms with Crippen molar-refractivity contribution in [2.45, 2.75) is 53.0 Å². The molecule has 3 nitrogen and oxygen atoms in total. The van der Waals surface area contributed by atoms with Crippen molar-refractivity contribution in [2.75, 3.05) is 39.4 Å². The molecule has 1 N–H and O–H groups in total. The van der Waals surface area contributed by atoms with Gasteiger partial charge in [-0.3, -0.25) is 0 Å². The molecule has 2 fully saturated rings. The lowest BCUT2D eigenvalue weighted by atomic mass is 9.80. The summed E-state index contributed by atoms with van der Waals surface area (Å²) < 4.78 is 5.60. The maximum Gasteiger partial charge on any atom is 0.0510 e. The molecule has 0 amide bonds. The molecule has 118 valence electrons. The van der Waals surface area contributed by atoms with Gasteiger partial charge >= 0.3 is 0 Å². The smallest absolute Gasteiger partial charge is 0.0510 e. The van der Waals surface area contributed by atoms with Crippen LogP contribution >= 0.6 is 0 Å². The molecule has 0 spiro atoms. The number of nitrogens with zero attached hydrogens (tertiary/aromatic N) is 1. The molecule has 3 atom stereocenters. The highest BCUT2D eigenvalue weighted by Gasteiger charge is 2.34. The molecule has 0 bridgehead atoms. The molecule has 3 unspecified atom stereocenters. The van der Waals surface area contributed by atoms with E-state index in [1.54, 1.807) is 0 Å². The fourth-order valence-corrected chi connectivity index (χ4v) is 3.56. The summed E-state index contributed by atoms with van der Waals surface area (Å²) in [6.07, 6.45) is 3.82. The van der Waals surface area contributed by atoms with Crippen LogP contribution in [0.5, 0.6) is 0 Å². The van der Waals surface area contributed by atoms with Crippen LogP contribution in [0.4, 0.5) is 0 Å². The van der Waals surface area contributed by atoms with Crippen LogP contribution in [0.2, 0.25) is 0 Å². The van der Waals surface area contributed by atoms with Crippen molar-refractivity contribution in [1.29, 1.82) is 0 Å². The summed E-state index contributed by atoms with van der Waals surface area (Å²) in [5.74, 6) is 1.57. The van der Waals surface area contributed by atoms with Gasteiger partial charge in [-0.1, -0.05) is 27.7 Å². The SMILES string of the molecule is CCCNC(CN1CCC(C(C)(C)C)C1)C1CCOC1. The van der Waals surface area contributed by atoms with Crippen LogP contribution in [0.3, 0.4) is 0 Å². The standard InChI is InChI=1S/C17H34N2O/c1-5-8-18-16(14-7-10-20-13-14)12-19-9-6-15(11-19)17(2,3)4/h14-16,18H,5-13H2,1-4H3. The summed E-state index contributed by atoms with van der Waals surface area (Å²) in [5.41, 5.74) is 0.456. The van der Waals surface area contributed by atoms with Crippen molar-refractivity contribution in [1.82, 2.24) is 10.2 Å². The molecule has 2 aliphatic rings. The molecule has 20 heavy (non-hydrogen) atoms. The molecule has 0 aromatic rings. The highest BCUT2D eigenvalue weighted by Crippen LogP contribution is 2.33. The Morgan fingerprint density at radius 1 is 1.30 bits per heavy atom. The van der Waals surface area contributed by atoms with Crippen LogP contribution in [0.1, 0.15) is 47.0 Å². The minimum absolute atomic E-state index is 0.456. The number of ether oxygens (including phenoxy) is 1. The zero-order valence-electron chi connectivity index (χ0n) is 14.0. The van der Waals surface area contributed by atoms with Gasteiger partial charge in [-0.15, -0.1) is 0 Å². The topological polar surface area (TPSA) is 24.5 Å². The monoisotopic (exact) mass is 282 g/mol. The first kappa shape index (κ1) is 16.3. The second-order valence-electron chi connectivity index (χ2n) is 7.80. The van der Waals surface area contributed by atoms with Crippen LogP contribution < -0.4 is 5.32 Å². The zero-order chi connectivity index (χ0) is 14.6. The Balaban J connectivity index is 1.84. The van der Waals surface area contributed by atoms with E-state index in [-0.39, 0.29) is 0 Å². The van der Waals surface area contributed by atoms with Crippen LogP contribution in [0, 0.1) is 17.3 Å². The Labute approximate surface area is 125 Å². The van der Waals surface area contributed by atoms with E-state index in [2.05, 4.69) is 37.9 Å². The maximum atomic E-state index is 5.60. The first-order chi connectivity index (χ1) is 9.50. The zero-order valence-corrected chi connectivity index (χ0v) is 14.0. The molecule has 0 aliphatic carbocycles. The molecule has 0 aromatic carbocycles. The van der Waals surface area contributed by atoms with E-state index >= 15 is 0 Å². The first-order valence-electron chi connectivity index (χ1n) is 8.54. The summed E-state index contributed by atoms with van der Waals surface area (Å²) in [5, 5.41) is 3.77. The molecule has 0 aromatic heterocycles. The molecule has 2 heterocycles. The highest BCUT2D eigenvalue weighted by atomic mass is 16.5. The average molecular weight is 282 g/mol. The summed E-state index contributed by atoms with van der Waals surface area (Å²) in [6, 6.07) is 0.621. The van der Waals surface area contributed by atoms with Crippen molar-refractivity contribution in [3.05, 3.63) is 0 Å². The number of nitrogens with one attached hydrogen (secondary N) is 1. The quantitative estimate of drug-likeness (QED) is 0.811. The first-order valence-corrected chi connectivity index (χ1v) is 8.54. The van der Waals surface area contributed by atoms with Crippen molar-refractivity contribution in [2.24, 2.45) is 17.3 Å². The molecule has 0 saturated carbocycles. The van der Waals surface area contributed by atoms with E-state index in [9.17, 15) is 0 Å². The van der Waals surface area contributed by atoms with Gasteiger partial charge in [0.2, 0.25) is 0 Å². The van der Waals surface area contributed by atoms with Crippen LogP contribution in [-0.4, -0.2) is 50.3 Å². The molecular formula is C17H34N2O. The lowest BCUT2D eigenvalue weighted by Gasteiger charge is -2.30. The summed E-state index contributed by atoms with van der Waals surface area (Å²) in [7, 11) is 0. The van der Waals surface area contributed by atoms with Gasteiger partial charge < -0.3 is 15.0 Å². The van der Waals surface area contributed by atoms with Gasteiger partial charge in [-0.05, 0) is 43.7 Å². The molecule has 3 heteroatoms. The van der Waals surface area contributed by atoms with Gasteiger partial charge in [-0.2, -0.15) is 0 Å². The van der Waals surface area contributed by atoms with E-state index in [4.69, 9.17) is 4.74 Å². The highest BCUT2D eigenvalue weighted by molar-refractivity contribution is 4.88. The molecule has 2 saturated heterocycles. The summed E-state index contributed by atoms with van der Waals surface area (Å²) in [6.45, 7) is 16.2. The number of rotatable bonds is 6. The van der Waals surface area contributed by atoms with Gasteiger partial charge in [0.05, 0.1) is 6.61 Å². The van der Waals surface area contributed by atoms with Crippen molar-refractivity contribution in [3.8, 4) is 0 Å². The third-order valence-electron chi connectivity index (χ3n) is 5.14. The molecular weight excluding hydrogens is 248 g/mol. The third-order valence-corrected chi connectivity index (χ3v) is 5.14. The lowest BCUT2D eigenvalue weighted by Crippen LogP contribution is -2.46.